The van der Waals surface area contributed by atoms with E-state index in [4.69, 9.17) is 0 Å². The first-order valence-electron chi connectivity index (χ1n) is 6.27. The maximum atomic E-state index is 13.5. The second kappa shape index (κ2) is 4.63. The van der Waals surface area contributed by atoms with E-state index in [1.54, 1.807) is 35.9 Å². The van der Waals surface area contributed by atoms with Gasteiger partial charge in [0.1, 0.15) is 11.6 Å². The Balaban J connectivity index is 2.06. The second-order valence-corrected chi connectivity index (χ2v) is 4.84. The van der Waals surface area contributed by atoms with Gasteiger partial charge in [-0.1, -0.05) is 12.1 Å². The predicted octanol–water partition coefficient (Wildman–Crippen LogP) is 3.98. The van der Waals surface area contributed by atoms with Crippen molar-refractivity contribution >= 4 is 10.8 Å². The molecule has 0 fully saturated rings. The highest BCUT2D eigenvalue weighted by molar-refractivity contribution is 5.91. The molecule has 2 aromatic carbocycles. The molecule has 102 valence electrons. The molecule has 0 saturated carbocycles. The molecule has 1 aromatic heterocycles. The van der Waals surface area contributed by atoms with Crippen molar-refractivity contribution in [1.82, 2.24) is 4.57 Å². The Hall–Kier alpha value is -2.36. The van der Waals surface area contributed by atoms with E-state index in [2.05, 4.69) is 0 Å². The van der Waals surface area contributed by atoms with Crippen LogP contribution in [0.5, 0.6) is 5.88 Å². The summed E-state index contributed by atoms with van der Waals surface area (Å²) >= 11 is 0. The summed E-state index contributed by atoms with van der Waals surface area (Å²) in [6.45, 7) is 2.04. The molecule has 0 bridgehead atoms. The van der Waals surface area contributed by atoms with Crippen LogP contribution in [0.15, 0.2) is 42.6 Å². The molecule has 3 aromatic rings. The highest BCUT2D eigenvalue weighted by Gasteiger charge is 2.13. The van der Waals surface area contributed by atoms with Gasteiger partial charge in [-0.25, -0.2) is 8.78 Å². The molecule has 0 aliphatic heterocycles. The van der Waals surface area contributed by atoms with Crippen molar-refractivity contribution < 1.29 is 13.9 Å². The quantitative estimate of drug-likeness (QED) is 0.750. The first kappa shape index (κ1) is 12.7. The number of fused-ring (bicyclic) bond motifs is 1. The number of benzene rings is 2. The minimum atomic E-state index is -0.340. The fraction of sp³-hybridized carbons (Fsp3) is 0.125. The van der Waals surface area contributed by atoms with Gasteiger partial charge in [0.25, 0.3) is 0 Å². The molecule has 0 saturated heterocycles. The normalized spacial score (nSPS) is 11.2. The maximum Gasteiger partial charge on any atom is 0.199 e. The van der Waals surface area contributed by atoms with E-state index in [0.717, 1.165) is 10.9 Å². The van der Waals surface area contributed by atoms with Crippen molar-refractivity contribution in [1.29, 1.82) is 0 Å². The summed E-state index contributed by atoms with van der Waals surface area (Å²) < 4.78 is 28.0. The van der Waals surface area contributed by atoms with Crippen LogP contribution in [-0.4, -0.2) is 9.67 Å². The van der Waals surface area contributed by atoms with Gasteiger partial charge < -0.3 is 9.67 Å². The Morgan fingerprint density at radius 1 is 1.05 bits per heavy atom. The lowest BCUT2D eigenvalue weighted by Gasteiger charge is -2.05. The van der Waals surface area contributed by atoms with Crippen molar-refractivity contribution in [2.24, 2.45) is 0 Å². The third kappa shape index (κ3) is 2.03. The number of nitrogens with zero attached hydrogens (tertiary/aromatic N) is 1. The summed E-state index contributed by atoms with van der Waals surface area (Å²) in [6.07, 6.45) is 1.76. The lowest BCUT2D eigenvalue weighted by atomic mass is 10.1. The van der Waals surface area contributed by atoms with Gasteiger partial charge in [-0.05, 0) is 42.3 Å². The van der Waals surface area contributed by atoms with Crippen LogP contribution in [-0.2, 0) is 6.54 Å². The highest BCUT2D eigenvalue weighted by atomic mass is 19.1. The van der Waals surface area contributed by atoms with Gasteiger partial charge >= 0.3 is 0 Å². The zero-order chi connectivity index (χ0) is 14.3. The Morgan fingerprint density at radius 2 is 1.75 bits per heavy atom. The molecule has 20 heavy (non-hydrogen) atoms. The van der Waals surface area contributed by atoms with Gasteiger partial charge in [0, 0.05) is 17.0 Å². The molecule has 0 unspecified atom stereocenters. The van der Waals surface area contributed by atoms with Crippen LogP contribution < -0.4 is 0 Å². The van der Waals surface area contributed by atoms with Gasteiger partial charge in [0.2, 0.25) is 0 Å². The minimum Gasteiger partial charge on any atom is -0.494 e. The van der Waals surface area contributed by atoms with Gasteiger partial charge in [-0.2, -0.15) is 0 Å². The van der Waals surface area contributed by atoms with Crippen LogP contribution in [0.4, 0.5) is 8.78 Å². The van der Waals surface area contributed by atoms with Crippen LogP contribution in [0.3, 0.4) is 0 Å². The highest BCUT2D eigenvalue weighted by Crippen LogP contribution is 2.31. The summed E-state index contributed by atoms with van der Waals surface area (Å²) in [7, 11) is 0. The average Bonchev–Trinajstić information content (AvgIpc) is 2.74. The largest absolute Gasteiger partial charge is 0.494 e. The first-order valence-corrected chi connectivity index (χ1v) is 6.27. The van der Waals surface area contributed by atoms with E-state index in [9.17, 15) is 13.9 Å². The number of hydrogen-bond acceptors (Lipinski definition) is 1. The fourth-order valence-electron chi connectivity index (χ4n) is 2.39. The molecule has 3 rings (SSSR count). The van der Waals surface area contributed by atoms with E-state index in [1.807, 2.05) is 0 Å². The van der Waals surface area contributed by atoms with Crippen molar-refractivity contribution in [3.8, 4) is 5.88 Å². The molecule has 1 N–H and O–H groups in total. The lowest BCUT2D eigenvalue weighted by Crippen LogP contribution is -1.97. The second-order valence-electron chi connectivity index (χ2n) is 4.84. The Kier molecular flexibility index (Phi) is 2.93. The van der Waals surface area contributed by atoms with E-state index in [1.165, 1.54) is 18.2 Å². The summed E-state index contributed by atoms with van der Waals surface area (Å²) in [6, 6.07) is 9.10. The number of halogens is 2. The molecule has 1 heterocycles. The van der Waals surface area contributed by atoms with Crippen molar-refractivity contribution in [3.63, 3.8) is 0 Å². The minimum absolute atomic E-state index is 0.0290. The zero-order valence-corrected chi connectivity index (χ0v) is 10.9. The lowest BCUT2D eigenvalue weighted by molar-refractivity contribution is 0.429. The van der Waals surface area contributed by atoms with E-state index < -0.39 is 0 Å². The van der Waals surface area contributed by atoms with E-state index in [-0.39, 0.29) is 17.5 Å². The molecule has 2 nitrogen and oxygen atoms in total. The topological polar surface area (TPSA) is 25.2 Å². The Bertz CT molecular complexity index is 775. The molecule has 0 aliphatic rings. The number of rotatable bonds is 2. The maximum absolute atomic E-state index is 13.5. The smallest absolute Gasteiger partial charge is 0.199 e. The van der Waals surface area contributed by atoms with Crippen LogP contribution >= 0.6 is 0 Å². The molecule has 0 radical (unpaired) electrons. The third-order valence-corrected chi connectivity index (χ3v) is 3.49. The van der Waals surface area contributed by atoms with Crippen molar-refractivity contribution in [2.75, 3.05) is 0 Å². The average molecular weight is 273 g/mol. The first-order chi connectivity index (χ1) is 9.56. The fourth-order valence-corrected chi connectivity index (χ4v) is 2.39. The van der Waals surface area contributed by atoms with Crippen LogP contribution in [0.1, 0.15) is 11.1 Å². The number of aromatic nitrogens is 1. The SMILES string of the molecule is Cc1c(F)ccc2cn(Cc3ccc(F)cc3)c(O)c12. The van der Waals surface area contributed by atoms with Gasteiger partial charge in [0.15, 0.2) is 5.88 Å². The molecule has 0 aliphatic carbocycles. The Morgan fingerprint density at radius 3 is 2.45 bits per heavy atom. The summed E-state index contributed by atoms with van der Waals surface area (Å²) in [4.78, 5) is 0. The van der Waals surface area contributed by atoms with Crippen molar-refractivity contribution in [3.05, 3.63) is 65.4 Å². The van der Waals surface area contributed by atoms with Crippen LogP contribution in [0.2, 0.25) is 0 Å². The van der Waals surface area contributed by atoms with E-state index >= 15 is 0 Å². The molecule has 4 heteroatoms. The predicted molar refractivity (Wildman–Crippen MR) is 73.8 cm³/mol. The van der Waals surface area contributed by atoms with Crippen LogP contribution in [0.25, 0.3) is 10.8 Å². The number of aromatic hydroxyl groups is 1. The van der Waals surface area contributed by atoms with Gasteiger partial charge in [0.05, 0.1) is 6.54 Å². The van der Waals surface area contributed by atoms with Crippen molar-refractivity contribution in [2.45, 2.75) is 13.5 Å². The summed E-state index contributed by atoms with van der Waals surface area (Å²) in [5, 5.41) is 11.5. The summed E-state index contributed by atoms with van der Waals surface area (Å²) in [5.74, 6) is -0.609. The number of aryl methyl sites for hydroxylation is 1. The molecule has 0 spiro atoms. The number of hydrogen-bond donors (Lipinski definition) is 1. The molecular weight excluding hydrogens is 260 g/mol. The standard InChI is InChI=1S/C16H13F2NO/c1-10-14(18)7-4-12-9-19(16(20)15(10)12)8-11-2-5-13(17)6-3-11/h2-7,9,20H,8H2,1H3. The summed E-state index contributed by atoms with van der Waals surface area (Å²) in [5.41, 5.74) is 1.29. The molecule has 0 atom stereocenters. The van der Waals surface area contributed by atoms with Crippen LogP contribution in [0, 0.1) is 18.6 Å². The van der Waals surface area contributed by atoms with Gasteiger partial charge in [-0.15, -0.1) is 0 Å². The molecular formula is C16H13F2NO. The Labute approximate surface area is 114 Å². The molecule has 0 amide bonds. The monoisotopic (exact) mass is 273 g/mol. The van der Waals surface area contributed by atoms with Gasteiger partial charge in [-0.3, -0.25) is 0 Å². The van der Waals surface area contributed by atoms with E-state index in [0.29, 0.717) is 17.5 Å². The third-order valence-electron chi connectivity index (χ3n) is 3.49. The zero-order valence-electron chi connectivity index (χ0n) is 10.9.